The minimum atomic E-state index is -0.248. The normalized spacial score (nSPS) is 13.0. The van der Waals surface area contributed by atoms with E-state index in [0.29, 0.717) is 22.6 Å². The summed E-state index contributed by atoms with van der Waals surface area (Å²) in [6.07, 6.45) is 8.94. The van der Waals surface area contributed by atoms with Crippen LogP contribution in [-0.4, -0.2) is 35.1 Å². The average molecular weight is 432 g/mol. The summed E-state index contributed by atoms with van der Waals surface area (Å²) in [7, 11) is 3.45. The molecule has 0 aliphatic carbocycles. The highest BCUT2D eigenvalue weighted by molar-refractivity contribution is 6.10. The molecule has 1 heterocycles. The monoisotopic (exact) mass is 431 g/mol. The van der Waals surface area contributed by atoms with Crippen LogP contribution in [0.2, 0.25) is 0 Å². The Balaban J connectivity index is 2.19. The molecule has 0 spiro atoms. The second kappa shape index (κ2) is 9.77. The molecule has 0 aliphatic rings. The summed E-state index contributed by atoms with van der Waals surface area (Å²) in [6.45, 7) is 10.4. The molecule has 1 atom stereocenters. The van der Waals surface area contributed by atoms with Crippen molar-refractivity contribution in [1.82, 2.24) is 15.1 Å². The van der Waals surface area contributed by atoms with Gasteiger partial charge >= 0.3 is 0 Å². The molecule has 0 saturated heterocycles. The van der Waals surface area contributed by atoms with Crippen molar-refractivity contribution in [2.24, 2.45) is 5.92 Å². The first-order chi connectivity index (χ1) is 15.2. The fourth-order valence-electron chi connectivity index (χ4n) is 3.46. The SMILES string of the molecule is C=C(/C(=C\C=C/C(C)CC)c1cc(C(=O)N(C)C)c2[nH]ncc2c1)c1ccc(F)c(C)c1. The fraction of sp³-hybridized carbons (Fsp3) is 0.259. The summed E-state index contributed by atoms with van der Waals surface area (Å²) in [4.78, 5) is 14.4. The number of aromatic nitrogens is 2. The molecule has 3 aromatic rings. The Morgan fingerprint density at radius 3 is 2.66 bits per heavy atom. The molecule has 0 fully saturated rings. The number of carbonyl (C=O) groups is 1. The molecule has 1 N–H and O–H groups in total. The summed E-state index contributed by atoms with van der Waals surface area (Å²) in [6, 6.07) is 8.86. The van der Waals surface area contributed by atoms with E-state index in [1.54, 1.807) is 44.2 Å². The Hall–Kier alpha value is -3.47. The number of fused-ring (bicyclic) bond motifs is 1. The van der Waals surface area contributed by atoms with Gasteiger partial charge in [0.1, 0.15) is 5.82 Å². The zero-order valence-electron chi connectivity index (χ0n) is 19.4. The van der Waals surface area contributed by atoms with Crippen LogP contribution in [0.25, 0.3) is 22.0 Å². The molecule has 0 saturated carbocycles. The lowest BCUT2D eigenvalue weighted by Crippen LogP contribution is -2.22. The highest BCUT2D eigenvalue weighted by atomic mass is 19.1. The van der Waals surface area contributed by atoms with E-state index in [-0.39, 0.29) is 11.7 Å². The van der Waals surface area contributed by atoms with Crippen LogP contribution in [0.5, 0.6) is 0 Å². The van der Waals surface area contributed by atoms with Crippen LogP contribution in [0, 0.1) is 18.7 Å². The molecule has 32 heavy (non-hydrogen) atoms. The number of benzene rings is 2. The van der Waals surface area contributed by atoms with Gasteiger partial charge in [-0.05, 0) is 64.9 Å². The number of aromatic amines is 1. The predicted molar refractivity (Wildman–Crippen MR) is 131 cm³/mol. The van der Waals surface area contributed by atoms with Gasteiger partial charge in [-0.1, -0.05) is 51.1 Å². The number of nitrogens with zero attached hydrogens (tertiary/aromatic N) is 2. The van der Waals surface area contributed by atoms with E-state index in [1.165, 1.54) is 6.07 Å². The Bertz CT molecular complexity index is 1220. The van der Waals surface area contributed by atoms with Crippen molar-refractivity contribution in [3.63, 3.8) is 0 Å². The molecule has 166 valence electrons. The maximum atomic E-state index is 13.9. The first-order valence-corrected chi connectivity index (χ1v) is 10.8. The van der Waals surface area contributed by atoms with E-state index in [0.717, 1.165) is 34.1 Å². The summed E-state index contributed by atoms with van der Waals surface area (Å²) >= 11 is 0. The van der Waals surface area contributed by atoms with Crippen molar-refractivity contribution >= 4 is 28.0 Å². The third kappa shape index (κ3) is 4.88. The van der Waals surface area contributed by atoms with Crippen LogP contribution in [-0.2, 0) is 0 Å². The number of rotatable bonds is 7. The lowest BCUT2D eigenvalue weighted by molar-refractivity contribution is 0.0829. The van der Waals surface area contributed by atoms with Crippen molar-refractivity contribution in [2.45, 2.75) is 27.2 Å². The molecule has 4 nitrogen and oxygen atoms in total. The highest BCUT2D eigenvalue weighted by Crippen LogP contribution is 2.34. The molecule has 1 aromatic heterocycles. The van der Waals surface area contributed by atoms with Gasteiger partial charge in [-0.3, -0.25) is 9.89 Å². The van der Waals surface area contributed by atoms with Crippen LogP contribution >= 0.6 is 0 Å². The van der Waals surface area contributed by atoms with E-state index in [9.17, 15) is 9.18 Å². The standard InChI is InChI=1S/C27H30FN3O/c1-7-17(2)9-8-10-23(19(4)20-11-12-25(28)18(3)13-20)21-14-22-16-29-30-26(22)24(15-21)27(32)31(5)6/h8-17H,4,7H2,1-3,5-6H3,(H,29,30)/b9-8-,23-10+. The van der Waals surface area contributed by atoms with Gasteiger partial charge in [-0.25, -0.2) is 4.39 Å². The number of carbonyl (C=O) groups excluding carboxylic acids is 1. The van der Waals surface area contributed by atoms with Crippen molar-refractivity contribution in [1.29, 1.82) is 0 Å². The van der Waals surface area contributed by atoms with E-state index in [1.807, 2.05) is 24.3 Å². The number of hydrogen-bond acceptors (Lipinski definition) is 2. The third-order valence-corrected chi connectivity index (χ3v) is 5.67. The summed E-state index contributed by atoms with van der Waals surface area (Å²) in [5.74, 6) is 0.0809. The van der Waals surface area contributed by atoms with Crippen LogP contribution in [0.15, 0.2) is 61.3 Å². The smallest absolute Gasteiger partial charge is 0.255 e. The van der Waals surface area contributed by atoms with E-state index >= 15 is 0 Å². The largest absolute Gasteiger partial charge is 0.345 e. The van der Waals surface area contributed by atoms with Crippen LogP contribution in [0.4, 0.5) is 4.39 Å². The number of aryl methyl sites for hydroxylation is 1. The summed E-state index contributed by atoms with van der Waals surface area (Å²) in [5, 5.41) is 7.91. The van der Waals surface area contributed by atoms with Gasteiger partial charge in [0.05, 0.1) is 17.3 Å². The van der Waals surface area contributed by atoms with Crippen LogP contribution < -0.4 is 0 Å². The second-order valence-corrected chi connectivity index (χ2v) is 8.35. The summed E-state index contributed by atoms with van der Waals surface area (Å²) in [5.41, 5.74) is 5.11. The molecule has 1 amide bonds. The molecule has 0 aliphatic heterocycles. The number of amides is 1. The quantitative estimate of drug-likeness (QED) is 0.439. The number of nitrogens with one attached hydrogen (secondary N) is 1. The van der Waals surface area contributed by atoms with Crippen LogP contribution in [0.1, 0.15) is 47.3 Å². The Kier molecular flexibility index (Phi) is 7.08. The zero-order valence-corrected chi connectivity index (χ0v) is 19.4. The number of halogens is 1. The van der Waals surface area contributed by atoms with Gasteiger partial charge in [0.25, 0.3) is 5.91 Å². The Morgan fingerprint density at radius 1 is 1.25 bits per heavy atom. The van der Waals surface area contributed by atoms with Gasteiger partial charge in [0.15, 0.2) is 0 Å². The van der Waals surface area contributed by atoms with Gasteiger partial charge in [0.2, 0.25) is 0 Å². The number of H-pyrrole nitrogens is 1. The fourth-order valence-corrected chi connectivity index (χ4v) is 3.46. The lowest BCUT2D eigenvalue weighted by Gasteiger charge is -2.16. The van der Waals surface area contributed by atoms with Crippen molar-refractivity contribution in [2.75, 3.05) is 14.1 Å². The minimum absolute atomic E-state index is 0.112. The number of hydrogen-bond donors (Lipinski definition) is 1. The molecule has 0 radical (unpaired) electrons. The predicted octanol–water partition coefficient (Wildman–Crippen LogP) is 6.41. The molecule has 5 heteroatoms. The van der Waals surface area contributed by atoms with E-state index < -0.39 is 0 Å². The highest BCUT2D eigenvalue weighted by Gasteiger charge is 2.18. The first kappa shape index (κ1) is 23.2. The molecule has 3 rings (SSSR count). The first-order valence-electron chi connectivity index (χ1n) is 10.8. The molecule has 0 bridgehead atoms. The zero-order chi connectivity index (χ0) is 23.4. The molecule has 2 aromatic carbocycles. The minimum Gasteiger partial charge on any atom is -0.345 e. The Morgan fingerprint density at radius 2 is 2.00 bits per heavy atom. The maximum absolute atomic E-state index is 13.9. The van der Waals surface area contributed by atoms with Gasteiger partial charge in [-0.15, -0.1) is 0 Å². The molecular formula is C27H30FN3O. The third-order valence-electron chi connectivity index (χ3n) is 5.67. The molecule has 1 unspecified atom stereocenters. The van der Waals surface area contributed by atoms with Crippen molar-refractivity contribution < 1.29 is 9.18 Å². The Labute approximate surface area is 189 Å². The van der Waals surface area contributed by atoms with Gasteiger partial charge in [0, 0.05) is 19.5 Å². The topological polar surface area (TPSA) is 49.0 Å². The van der Waals surface area contributed by atoms with E-state index in [2.05, 4.69) is 36.7 Å². The number of allylic oxidation sites excluding steroid dienone is 5. The lowest BCUT2D eigenvalue weighted by atomic mass is 9.90. The van der Waals surface area contributed by atoms with Crippen molar-refractivity contribution in [3.05, 3.63) is 89.4 Å². The van der Waals surface area contributed by atoms with Crippen molar-refractivity contribution in [3.8, 4) is 0 Å². The molecular weight excluding hydrogens is 401 g/mol. The maximum Gasteiger partial charge on any atom is 0.255 e. The summed E-state index contributed by atoms with van der Waals surface area (Å²) < 4.78 is 13.9. The average Bonchev–Trinajstić information content (AvgIpc) is 3.25. The van der Waals surface area contributed by atoms with E-state index in [4.69, 9.17) is 0 Å². The van der Waals surface area contributed by atoms with Gasteiger partial charge < -0.3 is 4.90 Å². The van der Waals surface area contributed by atoms with Crippen LogP contribution in [0.3, 0.4) is 0 Å². The second-order valence-electron chi connectivity index (χ2n) is 8.35. The van der Waals surface area contributed by atoms with Gasteiger partial charge in [-0.2, -0.15) is 5.10 Å².